The molecule has 2 N–H and O–H groups in total. The van der Waals surface area contributed by atoms with Gasteiger partial charge in [-0.2, -0.15) is 0 Å². The third-order valence-electron chi connectivity index (χ3n) is 3.92. The van der Waals surface area contributed by atoms with Gasteiger partial charge in [0.15, 0.2) is 0 Å². The first-order valence-electron chi connectivity index (χ1n) is 7.08. The van der Waals surface area contributed by atoms with Crippen LogP contribution in [0.25, 0.3) is 0 Å². The second kappa shape index (κ2) is 6.29. The molecule has 0 saturated heterocycles. The predicted octanol–water partition coefficient (Wildman–Crippen LogP) is 4.15. The largest absolute Gasteiger partial charge is 0.381 e. The summed E-state index contributed by atoms with van der Waals surface area (Å²) in [6.45, 7) is 1.76. The third-order valence-corrected chi connectivity index (χ3v) is 4.07. The van der Waals surface area contributed by atoms with Crippen LogP contribution in [0.15, 0.2) is 54.6 Å². The monoisotopic (exact) mass is 286 g/mol. The average molecular weight is 287 g/mol. The summed E-state index contributed by atoms with van der Waals surface area (Å²) in [7, 11) is 0. The summed E-state index contributed by atoms with van der Waals surface area (Å²) in [5, 5.41) is 3.49. The molecule has 2 atom stereocenters. The van der Waals surface area contributed by atoms with Crippen molar-refractivity contribution in [1.29, 1.82) is 0 Å². The normalized spacial score (nSPS) is 20.6. The first-order valence-corrected chi connectivity index (χ1v) is 7.46. The Labute approximate surface area is 125 Å². The zero-order valence-corrected chi connectivity index (χ0v) is 12.1. The zero-order valence-electron chi connectivity index (χ0n) is 11.4. The van der Waals surface area contributed by atoms with E-state index in [0.29, 0.717) is 11.8 Å². The van der Waals surface area contributed by atoms with Crippen LogP contribution in [-0.4, -0.2) is 6.54 Å². The number of nitrogens with one attached hydrogen (secondary N) is 2. The first-order chi connectivity index (χ1) is 9.86. The Balaban J connectivity index is 1.61. The van der Waals surface area contributed by atoms with Crippen molar-refractivity contribution in [3.05, 3.63) is 65.7 Å². The maximum atomic E-state index is 5.58. The van der Waals surface area contributed by atoms with E-state index in [-0.39, 0.29) is 0 Å². The predicted molar refractivity (Wildman–Crippen MR) is 84.9 cm³/mol. The van der Waals surface area contributed by atoms with Crippen LogP contribution in [0, 0.1) is 5.92 Å². The van der Waals surface area contributed by atoms with E-state index in [1.807, 2.05) is 6.07 Å². The van der Waals surface area contributed by atoms with Crippen molar-refractivity contribution >= 4 is 17.5 Å². The highest BCUT2D eigenvalue weighted by atomic mass is 35.5. The number of anilines is 1. The van der Waals surface area contributed by atoms with Crippen molar-refractivity contribution < 1.29 is 0 Å². The van der Waals surface area contributed by atoms with Crippen molar-refractivity contribution in [2.75, 3.05) is 11.9 Å². The Hall–Kier alpha value is -1.51. The lowest BCUT2D eigenvalue weighted by Gasteiger charge is -2.08. The van der Waals surface area contributed by atoms with Gasteiger partial charge < -0.3 is 5.32 Å². The summed E-state index contributed by atoms with van der Waals surface area (Å²) < 4.78 is 0. The molecular weight excluding hydrogens is 268 g/mol. The molecule has 0 radical (unpaired) electrons. The second-order valence-electron chi connectivity index (χ2n) is 5.40. The minimum Gasteiger partial charge on any atom is -0.381 e. The van der Waals surface area contributed by atoms with Crippen LogP contribution < -0.4 is 10.2 Å². The van der Waals surface area contributed by atoms with Crippen LogP contribution in [-0.2, 0) is 6.54 Å². The standard InChI is InChI=1S/C17H19ClN2/c18-20-12-15-10-17(15)14-7-4-8-16(9-14)19-11-13-5-2-1-3-6-13/h1-9,15,17,19-20H,10-12H2. The number of rotatable bonds is 6. The van der Waals surface area contributed by atoms with Crippen molar-refractivity contribution in [2.45, 2.75) is 18.9 Å². The van der Waals surface area contributed by atoms with Crippen LogP contribution in [0.4, 0.5) is 5.69 Å². The molecule has 0 heterocycles. The molecule has 2 nitrogen and oxygen atoms in total. The minimum absolute atomic E-state index is 0.666. The molecule has 104 valence electrons. The maximum Gasteiger partial charge on any atom is 0.0400 e. The molecule has 2 aromatic carbocycles. The van der Waals surface area contributed by atoms with Gasteiger partial charge in [-0.1, -0.05) is 42.5 Å². The molecule has 3 rings (SSSR count). The van der Waals surface area contributed by atoms with Crippen LogP contribution in [0.2, 0.25) is 0 Å². The smallest absolute Gasteiger partial charge is 0.0400 e. The molecule has 1 aliphatic carbocycles. The highest BCUT2D eigenvalue weighted by Crippen LogP contribution is 2.47. The Morgan fingerprint density at radius 1 is 1.05 bits per heavy atom. The van der Waals surface area contributed by atoms with E-state index in [9.17, 15) is 0 Å². The average Bonchev–Trinajstić information content (AvgIpc) is 3.26. The number of halogens is 1. The molecule has 3 heteroatoms. The van der Waals surface area contributed by atoms with E-state index >= 15 is 0 Å². The summed E-state index contributed by atoms with van der Waals surface area (Å²) in [5.74, 6) is 1.36. The van der Waals surface area contributed by atoms with Crippen LogP contribution in [0.5, 0.6) is 0 Å². The Bertz CT molecular complexity index is 556. The number of hydrogen-bond donors (Lipinski definition) is 2. The second-order valence-corrected chi connectivity index (χ2v) is 5.67. The van der Waals surface area contributed by atoms with Gasteiger partial charge in [-0.05, 0) is 53.3 Å². The van der Waals surface area contributed by atoms with Gasteiger partial charge in [0, 0.05) is 18.8 Å². The first kappa shape index (κ1) is 13.5. The summed E-state index contributed by atoms with van der Waals surface area (Å²) in [5.41, 5.74) is 3.91. The summed E-state index contributed by atoms with van der Waals surface area (Å²) in [6, 6.07) is 19.2. The van der Waals surface area contributed by atoms with Crippen molar-refractivity contribution in [2.24, 2.45) is 5.92 Å². The topological polar surface area (TPSA) is 24.1 Å². The van der Waals surface area contributed by atoms with E-state index in [0.717, 1.165) is 13.1 Å². The fraction of sp³-hybridized carbons (Fsp3) is 0.294. The number of hydrogen-bond acceptors (Lipinski definition) is 2. The van der Waals surface area contributed by atoms with E-state index in [1.54, 1.807) is 0 Å². The van der Waals surface area contributed by atoms with Gasteiger partial charge in [0.2, 0.25) is 0 Å². The fourth-order valence-electron chi connectivity index (χ4n) is 2.66. The van der Waals surface area contributed by atoms with E-state index in [4.69, 9.17) is 11.8 Å². The summed E-state index contributed by atoms with van der Waals surface area (Å²) in [4.78, 5) is 2.75. The molecule has 2 aromatic rings. The summed E-state index contributed by atoms with van der Waals surface area (Å²) >= 11 is 5.58. The Kier molecular flexibility index (Phi) is 4.24. The maximum absolute atomic E-state index is 5.58. The molecule has 1 saturated carbocycles. The van der Waals surface area contributed by atoms with E-state index in [2.05, 4.69) is 58.7 Å². The molecule has 1 aliphatic rings. The molecule has 0 aromatic heterocycles. The zero-order chi connectivity index (χ0) is 13.8. The van der Waals surface area contributed by atoms with Gasteiger partial charge in [0.05, 0.1) is 0 Å². The summed E-state index contributed by atoms with van der Waals surface area (Å²) in [6.07, 6.45) is 1.24. The van der Waals surface area contributed by atoms with Crippen LogP contribution in [0.3, 0.4) is 0 Å². The minimum atomic E-state index is 0.666. The molecule has 0 aliphatic heterocycles. The van der Waals surface area contributed by atoms with E-state index in [1.165, 1.54) is 23.2 Å². The van der Waals surface area contributed by atoms with Crippen LogP contribution in [0.1, 0.15) is 23.5 Å². The molecule has 2 unspecified atom stereocenters. The lowest BCUT2D eigenvalue weighted by Crippen LogP contribution is -2.04. The highest BCUT2D eigenvalue weighted by Gasteiger charge is 2.37. The van der Waals surface area contributed by atoms with Crippen molar-refractivity contribution in [3.63, 3.8) is 0 Å². The molecular formula is C17H19ClN2. The molecule has 1 fully saturated rings. The third kappa shape index (κ3) is 3.33. The van der Waals surface area contributed by atoms with Gasteiger partial charge in [-0.25, -0.2) is 4.84 Å². The van der Waals surface area contributed by atoms with Gasteiger partial charge in [-0.15, -0.1) is 0 Å². The SMILES string of the molecule is ClNCC1CC1c1cccc(NCc2ccccc2)c1. The molecule has 20 heavy (non-hydrogen) atoms. The molecule has 0 bridgehead atoms. The molecule has 0 amide bonds. The number of benzene rings is 2. The Morgan fingerprint density at radius 3 is 2.70 bits per heavy atom. The van der Waals surface area contributed by atoms with Gasteiger partial charge in [0.25, 0.3) is 0 Å². The molecule has 0 spiro atoms. The van der Waals surface area contributed by atoms with Gasteiger partial charge >= 0.3 is 0 Å². The van der Waals surface area contributed by atoms with Gasteiger partial charge in [-0.3, -0.25) is 0 Å². The lowest BCUT2D eigenvalue weighted by molar-refractivity contribution is 0.766. The van der Waals surface area contributed by atoms with E-state index < -0.39 is 0 Å². The van der Waals surface area contributed by atoms with Crippen molar-refractivity contribution in [3.8, 4) is 0 Å². The van der Waals surface area contributed by atoms with Crippen LogP contribution >= 0.6 is 11.8 Å². The fourth-order valence-corrected chi connectivity index (χ4v) is 2.86. The lowest BCUT2D eigenvalue weighted by atomic mass is 10.1. The van der Waals surface area contributed by atoms with Gasteiger partial charge in [0.1, 0.15) is 0 Å². The highest BCUT2D eigenvalue weighted by molar-refractivity contribution is 6.13. The Morgan fingerprint density at radius 2 is 1.90 bits per heavy atom. The quantitative estimate of drug-likeness (QED) is 0.780. The van der Waals surface area contributed by atoms with Crippen molar-refractivity contribution in [1.82, 2.24) is 4.84 Å².